The molecule has 1 fully saturated rings. The van der Waals surface area contributed by atoms with Crippen molar-refractivity contribution < 1.29 is 8.78 Å². The fourth-order valence-electron chi connectivity index (χ4n) is 2.72. The Kier molecular flexibility index (Phi) is 4.36. The van der Waals surface area contributed by atoms with Gasteiger partial charge in [-0.15, -0.1) is 0 Å². The fourth-order valence-corrected chi connectivity index (χ4v) is 2.99. The Labute approximate surface area is 131 Å². The van der Waals surface area contributed by atoms with Gasteiger partial charge in [-0.3, -0.25) is 0 Å². The highest BCUT2D eigenvalue weighted by Gasteiger charge is 2.29. The zero-order valence-electron chi connectivity index (χ0n) is 11.5. The quantitative estimate of drug-likeness (QED) is 0.836. The second-order valence-electron chi connectivity index (χ2n) is 5.53. The maximum atomic E-state index is 13.5. The molecule has 0 saturated heterocycles. The smallest absolute Gasteiger partial charge is 0.127 e. The van der Waals surface area contributed by atoms with Gasteiger partial charge in [-0.05, 0) is 54.7 Å². The number of hydrogen-bond donors (Lipinski definition) is 1. The van der Waals surface area contributed by atoms with E-state index in [9.17, 15) is 8.78 Å². The predicted octanol–water partition coefficient (Wildman–Crippen LogP) is 4.76. The molecule has 2 aromatic carbocycles. The van der Waals surface area contributed by atoms with Crippen LogP contribution < -0.4 is 5.32 Å². The Morgan fingerprint density at radius 1 is 1.05 bits per heavy atom. The molecule has 1 N–H and O–H groups in total. The maximum Gasteiger partial charge on any atom is 0.127 e. The van der Waals surface area contributed by atoms with Crippen LogP contribution in [0.4, 0.5) is 8.78 Å². The molecule has 1 nitrogen and oxygen atoms in total. The van der Waals surface area contributed by atoms with Crippen LogP contribution in [0.2, 0.25) is 0 Å². The molecule has 0 atom stereocenters. The Morgan fingerprint density at radius 3 is 2.48 bits per heavy atom. The van der Waals surface area contributed by atoms with E-state index in [4.69, 9.17) is 0 Å². The zero-order valence-corrected chi connectivity index (χ0v) is 13.0. The van der Waals surface area contributed by atoms with Crippen molar-refractivity contribution >= 4 is 15.9 Å². The van der Waals surface area contributed by atoms with Gasteiger partial charge in [0.2, 0.25) is 0 Å². The van der Waals surface area contributed by atoms with Crippen molar-refractivity contribution in [1.29, 1.82) is 0 Å². The van der Waals surface area contributed by atoms with Gasteiger partial charge in [0.1, 0.15) is 11.6 Å². The lowest BCUT2D eigenvalue weighted by molar-refractivity contribution is 0.288. The van der Waals surface area contributed by atoms with E-state index in [0.29, 0.717) is 24.1 Å². The standard InChI is InChI=1S/C17H16BrF2N/c18-14-3-1-11(2-4-14)12-8-16(9-12)21-10-13-7-15(19)5-6-17(13)20/h1-7,12,16,21H,8-10H2. The summed E-state index contributed by atoms with van der Waals surface area (Å²) in [6.07, 6.45) is 2.08. The summed E-state index contributed by atoms with van der Waals surface area (Å²) in [5.41, 5.74) is 1.73. The average molecular weight is 352 g/mol. The summed E-state index contributed by atoms with van der Waals surface area (Å²) in [6, 6.07) is 12.3. The van der Waals surface area contributed by atoms with E-state index in [1.165, 1.54) is 17.7 Å². The molecule has 0 spiro atoms. The Balaban J connectivity index is 1.51. The van der Waals surface area contributed by atoms with Gasteiger partial charge in [0.05, 0.1) is 0 Å². The van der Waals surface area contributed by atoms with Crippen LogP contribution in [0.1, 0.15) is 29.9 Å². The first kappa shape index (κ1) is 14.7. The second kappa shape index (κ2) is 6.24. The number of halogens is 3. The van der Waals surface area contributed by atoms with Crippen LogP contribution in [0.25, 0.3) is 0 Å². The average Bonchev–Trinajstić information content (AvgIpc) is 2.42. The van der Waals surface area contributed by atoms with Crippen molar-refractivity contribution in [3.05, 3.63) is 69.7 Å². The van der Waals surface area contributed by atoms with Gasteiger partial charge in [0.25, 0.3) is 0 Å². The highest BCUT2D eigenvalue weighted by Crippen LogP contribution is 2.37. The topological polar surface area (TPSA) is 12.0 Å². The van der Waals surface area contributed by atoms with Gasteiger partial charge in [-0.1, -0.05) is 28.1 Å². The summed E-state index contributed by atoms with van der Waals surface area (Å²) in [6.45, 7) is 0.376. The minimum atomic E-state index is -0.394. The van der Waals surface area contributed by atoms with Crippen LogP contribution in [0.5, 0.6) is 0 Å². The lowest BCUT2D eigenvalue weighted by Gasteiger charge is -2.36. The van der Waals surface area contributed by atoms with Crippen molar-refractivity contribution in [3.8, 4) is 0 Å². The molecule has 0 unspecified atom stereocenters. The van der Waals surface area contributed by atoms with Crippen LogP contribution in [-0.4, -0.2) is 6.04 Å². The van der Waals surface area contributed by atoms with Crippen LogP contribution in [0, 0.1) is 11.6 Å². The summed E-state index contributed by atoms with van der Waals surface area (Å²) in [4.78, 5) is 0. The third-order valence-corrected chi connectivity index (χ3v) is 4.60. The van der Waals surface area contributed by atoms with E-state index in [2.05, 4.69) is 45.5 Å². The van der Waals surface area contributed by atoms with E-state index in [1.807, 2.05) is 0 Å². The minimum Gasteiger partial charge on any atom is -0.310 e. The first-order chi connectivity index (χ1) is 10.1. The van der Waals surface area contributed by atoms with Gasteiger partial charge in [0, 0.05) is 22.6 Å². The van der Waals surface area contributed by atoms with E-state index >= 15 is 0 Å². The third kappa shape index (κ3) is 3.50. The molecule has 2 aromatic rings. The molecule has 110 valence electrons. The van der Waals surface area contributed by atoms with Gasteiger partial charge in [-0.25, -0.2) is 8.78 Å². The summed E-state index contributed by atoms with van der Waals surface area (Å²) in [5, 5.41) is 3.30. The van der Waals surface area contributed by atoms with Crippen molar-refractivity contribution in [1.82, 2.24) is 5.32 Å². The van der Waals surface area contributed by atoms with Crippen LogP contribution in [-0.2, 0) is 6.54 Å². The predicted molar refractivity (Wildman–Crippen MR) is 83.1 cm³/mol. The maximum absolute atomic E-state index is 13.5. The first-order valence-electron chi connectivity index (χ1n) is 7.04. The molecule has 0 bridgehead atoms. The van der Waals surface area contributed by atoms with Crippen molar-refractivity contribution in [2.75, 3.05) is 0 Å². The summed E-state index contributed by atoms with van der Waals surface area (Å²) >= 11 is 3.43. The van der Waals surface area contributed by atoms with Crippen molar-refractivity contribution in [2.45, 2.75) is 31.3 Å². The van der Waals surface area contributed by atoms with Gasteiger partial charge in [-0.2, -0.15) is 0 Å². The number of nitrogens with one attached hydrogen (secondary N) is 1. The summed E-state index contributed by atoms with van der Waals surface area (Å²) in [7, 11) is 0. The Bertz CT molecular complexity index is 621. The largest absolute Gasteiger partial charge is 0.310 e. The minimum absolute atomic E-state index is 0.354. The monoisotopic (exact) mass is 351 g/mol. The summed E-state index contributed by atoms with van der Waals surface area (Å²) in [5.74, 6) is -0.185. The van der Waals surface area contributed by atoms with Crippen molar-refractivity contribution in [2.24, 2.45) is 0 Å². The van der Waals surface area contributed by atoms with Crippen LogP contribution in [0.15, 0.2) is 46.9 Å². The Morgan fingerprint density at radius 2 is 1.76 bits per heavy atom. The molecule has 1 saturated carbocycles. The third-order valence-electron chi connectivity index (χ3n) is 4.07. The Hall–Kier alpha value is -1.26. The number of rotatable bonds is 4. The lowest BCUT2D eigenvalue weighted by atomic mass is 9.76. The molecule has 0 radical (unpaired) electrons. The number of benzene rings is 2. The highest BCUT2D eigenvalue weighted by atomic mass is 79.9. The van der Waals surface area contributed by atoms with E-state index < -0.39 is 5.82 Å². The molecule has 0 aliphatic heterocycles. The molecular weight excluding hydrogens is 336 g/mol. The molecule has 4 heteroatoms. The normalized spacial score (nSPS) is 21.1. The molecule has 0 aromatic heterocycles. The second-order valence-corrected chi connectivity index (χ2v) is 6.45. The zero-order chi connectivity index (χ0) is 14.8. The molecule has 0 amide bonds. The van der Waals surface area contributed by atoms with E-state index in [1.54, 1.807) is 0 Å². The highest BCUT2D eigenvalue weighted by molar-refractivity contribution is 9.10. The van der Waals surface area contributed by atoms with Gasteiger partial charge >= 0.3 is 0 Å². The van der Waals surface area contributed by atoms with Crippen LogP contribution >= 0.6 is 15.9 Å². The first-order valence-corrected chi connectivity index (χ1v) is 7.84. The van der Waals surface area contributed by atoms with E-state index in [0.717, 1.165) is 23.4 Å². The molecule has 1 aliphatic carbocycles. The van der Waals surface area contributed by atoms with Crippen LogP contribution in [0.3, 0.4) is 0 Å². The SMILES string of the molecule is Fc1ccc(F)c(CNC2CC(c3ccc(Br)cc3)C2)c1. The molecule has 1 aliphatic rings. The number of hydrogen-bond acceptors (Lipinski definition) is 1. The lowest BCUT2D eigenvalue weighted by Crippen LogP contribution is -2.39. The molecule has 0 heterocycles. The molecule has 21 heavy (non-hydrogen) atoms. The molecular formula is C17H16BrF2N. The van der Waals surface area contributed by atoms with Gasteiger partial charge in [0.15, 0.2) is 0 Å². The van der Waals surface area contributed by atoms with Crippen molar-refractivity contribution in [3.63, 3.8) is 0 Å². The fraction of sp³-hybridized carbons (Fsp3) is 0.294. The molecule has 3 rings (SSSR count). The van der Waals surface area contributed by atoms with Gasteiger partial charge < -0.3 is 5.32 Å². The summed E-state index contributed by atoms with van der Waals surface area (Å²) < 4.78 is 27.7. The van der Waals surface area contributed by atoms with E-state index in [-0.39, 0.29) is 5.82 Å².